The standard InChI is InChI=1S/C18H17NO4/c1-22-15-9-11-7-8-19-17(14(11)10-16(15)23-2)12-5-3-4-6-13(12)18(20)21/h3-6,9-10H,7-8H2,1-2H3,(H,20,21)/p-1. The number of fused-ring (bicyclic) bond motifs is 1. The molecule has 2 aromatic carbocycles. The molecule has 0 N–H and O–H groups in total. The normalized spacial score (nSPS) is 13.0. The number of carboxylic acids is 1. The van der Waals surface area contributed by atoms with Crippen LogP contribution in [0.15, 0.2) is 41.4 Å². The Morgan fingerprint density at radius 1 is 1.09 bits per heavy atom. The largest absolute Gasteiger partial charge is 0.545 e. The molecule has 2 aromatic rings. The quantitative estimate of drug-likeness (QED) is 0.857. The van der Waals surface area contributed by atoms with Crippen molar-refractivity contribution in [2.24, 2.45) is 4.99 Å². The van der Waals surface area contributed by atoms with E-state index in [4.69, 9.17) is 9.47 Å². The third-order valence-electron chi connectivity index (χ3n) is 3.92. The molecule has 0 fully saturated rings. The zero-order valence-electron chi connectivity index (χ0n) is 13.0. The fraction of sp³-hybridized carbons (Fsp3) is 0.222. The van der Waals surface area contributed by atoms with Crippen molar-refractivity contribution in [3.05, 3.63) is 58.7 Å². The molecular formula is C18H16NO4-. The second kappa shape index (κ2) is 6.12. The maximum absolute atomic E-state index is 11.4. The molecule has 0 amide bonds. The van der Waals surface area contributed by atoms with E-state index in [1.165, 1.54) is 6.07 Å². The lowest BCUT2D eigenvalue weighted by molar-refractivity contribution is -0.255. The predicted molar refractivity (Wildman–Crippen MR) is 84.5 cm³/mol. The summed E-state index contributed by atoms with van der Waals surface area (Å²) in [5, 5.41) is 11.4. The Kier molecular flexibility index (Phi) is 4.02. The van der Waals surface area contributed by atoms with Crippen molar-refractivity contribution in [3.8, 4) is 11.5 Å². The maximum atomic E-state index is 11.4. The summed E-state index contributed by atoms with van der Waals surface area (Å²) in [4.78, 5) is 15.9. The number of methoxy groups -OCH3 is 2. The van der Waals surface area contributed by atoms with Crippen LogP contribution in [0.3, 0.4) is 0 Å². The number of ether oxygens (including phenoxy) is 2. The minimum atomic E-state index is -1.21. The van der Waals surface area contributed by atoms with Gasteiger partial charge in [0.15, 0.2) is 11.5 Å². The number of hydrogen-bond acceptors (Lipinski definition) is 5. The van der Waals surface area contributed by atoms with Gasteiger partial charge >= 0.3 is 0 Å². The summed E-state index contributed by atoms with van der Waals surface area (Å²) in [6, 6.07) is 10.5. The first-order chi connectivity index (χ1) is 11.2. The molecule has 118 valence electrons. The van der Waals surface area contributed by atoms with Crippen LogP contribution in [0.25, 0.3) is 0 Å². The van der Waals surface area contributed by atoms with E-state index >= 15 is 0 Å². The van der Waals surface area contributed by atoms with E-state index in [0.717, 1.165) is 17.5 Å². The number of hydrogen-bond donors (Lipinski definition) is 0. The molecule has 1 heterocycles. The van der Waals surface area contributed by atoms with Gasteiger partial charge < -0.3 is 19.4 Å². The van der Waals surface area contributed by atoms with Gasteiger partial charge in [-0.25, -0.2) is 0 Å². The Bertz CT molecular complexity index is 796. The van der Waals surface area contributed by atoms with E-state index in [-0.39, 0.29) is 5.56 Å². The molecule has 0 radical (unpaired) electrons. The zero-order valence-corrected chi connectivity index (χ0v) is 13.0. The van der Waals surface area contributed by atoms with Gasteiger partial charge in [0.05, 0.1) is 25.9 Å². The number of carbonyl (C=O) groups is 1. The number of aromatic carboxylic acids is 1. The molecule has 0 unspecified atom stereocenters. The molecule has 5 nitrogen and oxygen atoms in total. The zero-order chi connectivity index (χ0) is 16.4. The molecule has 0 aromatic heterocycles. The number of benzene rings is 2. The van der Waals surface area contributed by atoms with Crippen LogP contribution in [0, 0.1) is 0 Å². The Balaban J connectivity index is 2.18. The molecule has 0 saturated carbocycles. The summed E-state index contributed by atoms with van der Waals surface area (Å²) in [6.45, 7) is 0.596. The van der Waals surface area contributed by atoms with Crippen LogP contribution in [-0.2, 0) is 6.42 Å². The van der Waals surface area contributed by atoms with Crippen molar-refractivity contribution in [1.82, 2.24) is 0 Å². The fourth-order valence-electron chi connectivity index (χ4n) is 2.82. The highest BCUT2D eigenvalue weighted by molar-refractivity contribution is 6.18. The highest BCUT2D eigenvalue weighted by Crippen LogP contribution is 2.34. The van der Waals surface area contributed by atoms with E-state index in [2.05, 4.69) is 4.99 Å². The Hall–Kier alpha value is -2.82. The lowest BCUT2D eigenvalue weighted by atomic mass is 9.90. The monoisotopic (exact) mass is 310 g/mol. The summed E-state index contributed by atoms with van der Waals surface area (Å²) in [6.07, 6.45) is 0.771. The average molecular weight is 310 g/mol. The van der Waals surface area contributed by atoms with Crippen molar-refractivity contribution in [3.63, 3.8) is 0 Å². The van der Waals surface area contributed by atoms with E-state index in [1.807, 2.05) is 12.1 Å². The lowest BCUT2D eigenvalue weighted by Crippen LogP contribution is -2.26. The molecular weight excluding hydrogens is 294 g/mol. The highest BCUT2D eigenvalue weighted by atomic mass is 16.5. The van der Waals surface area contributed by atoms with Crippen molar-refractivity contribution >= 4 is 11.7 Å². The van der Waals surface area contributed by atoms with Gasteiger partial charge in [0, 0.05) is 23.2 Å². The number of carboxylic acid groups (broad SMARTS) is 1. The van der Waals surface area contributed by atoms with Crippen LogP contribution >= 0.6 is 0 Å². The first-order valence-corrected chi connectivity index (χ1v) is 7.26. The SMILES string of the molecule is COc1cc2c(cc1OC)C(c1ccccc1C(=O)[O-])=NCC2. The lowest BCUT2D eigenvalue weighted by Gasteiger charge is -2.21. The van der Waals surface area contributed by atoms with Crippen LogP contribution < -0.4 is 14.6 Å². The second-order valence-corrected chi connectivity index (χ2v) is 5.18. The molecule has 3 rings (SSSR count). The van der Waals surface area contributed by atoms with Gasteiger partial charge in [0.2, 0.25) is 0 Å². The van der Waals surface area contributed by atoms with E-state index in [9.17, 15) is 9.90 Å². The van der Waals surface area contributed by atoms with Gasteiger partial charge in [0.1, 0.15) is 0 Å². The summed E-state index contributed by atoms with van der Waals surface area (Å²) in [5.74, 6) is 0.0309. The number of rotatable bonds is 4. The van der Waals surface area contributed by atoms with Gasteiger partial charge in [-0.1, -0.05) is 24.3 Å². The van der Waals surface area contributed by atoms with Gasteiger partial charge in [-0.05, 0) is 24.1 Å². The third-order valence-corrected chi connectivity index (χ3v) is 3.92. The molecule has 0 atom stereocenters. The first kappa shape index (κ1) is 15.1. The van der Waals surface area contributed by atoms with Crippen LogP contribution in [0.2, 0.25) is 0 Å². The minimum Gasteiger partial charge on any atom is -0.545 e. The van der Waals surface area contributed by atoms with E-state index in [0.29, 0.717) is 29.3 Å². The number of aliphatic imine (C=N–C) groups is 1. The van der Waals surface area contributed by atoms with Crippen LogP contribution in [-0.4, -0.2) is 32.4 Å². The summed E-state index contributed by atoms with van der Waals surface area (Å²) in [5.41, 5.74) is 3.25. The molecule has 0 saturated heterocycles. The molecule has 5 heteroatoms. The van der Waals surface area contributed by atoms with Gasteiger partial charge in [0.25, 0.3) is 0 Å². The second-order valence-electron chi connectivity index (χ2n) is 5.18. The maximum Gasteiger partial charge on any atom is 0.161 e. The number of carbonyl (C=O) groups excluding carboxylic acids is 1. The highest BCUT2D eigenvalue weighted by Gasteiger charge is 2.21. The van der Waals surface area contributed by atoms with Crippen molar-refractivity contribution in [2.75, 3.05) is 20.8 Å². The predicted octanol–water partition coefficient (Wildman–Crippen LogP) is 1.46. The third kappa shape index (κ3) is 2.65. The number of nitrogens with zero attached hydrogens (tertiary/aromatic N) is 1. The smallest absolute Gasteiger partial charge is 0.161 e. The average Bonchev–Trinajstić information content (AvgIpc) is 2.59. The molecule has 1 aliphatic rings. The molecule has 0 aliphatic carbocycles. The van der Waals surface area contributed by atoms with E-state index in [1.54, 1.807) is 32.4 Å². The Morgan fingerprint density at radius 2 is 1.78 bits per heavy atom. The van der Waals surface area contributed by atoms with Gasteiger partial charge in [-0.2, -0.15) is 0 Å². The summed E-state index contributed by atoms with van der Waals surface area (Å²) in [7, 11) is 3.16. The molecule has 23 heavy (non-hydrogen) atoms. The summed E-state index contributed by atoms with van der Waals surface area (Å²) < 4.78 is 10.7. The van der Waals surface area contributed by atoms with Gasteiger partial charge in [-0.3, -0.25) is 4.99 Å². The van der Waals surface area contributed by atoms with E-state index < -0.39 is 5.97 Å². The minimum absolute atomic E-state index is 0.133. The van der Waals surface area contributed by atoms with Crippen LogP contribution in [0.4, 0.5) is 0 Å². The first-order valence-electron chi connectivity index (χ1n) is 7.26. The summed E-state index contributed by atoms with van der Waals surface area (Å²) >= 11 is 0. The van der Waals surface area contributed by atoms with Crippen molar-refractivity contribution < 1.29 is 19.4 Å². The molecule has 0 bridgehead atoms. The molecule has 0 spiro atoms. The fourth-order valence-corrected chi connectivity index (χ4v) is 2.82. The Morgan fingerprint density at radius 3 is 2.48 bits per heavy atom. The van der Waals surface area contributed by atoms with Crippen molar-refractivity contribution in [1.29, 1.82) is 0 Å². The van der Waals surface area contributed by atoms with Gasteiger partial charge in [-0.15, -0.1) is 0 Å². The van der Waals surface area contributed by atoms with Crippen LogP contribution in [0.1, 0.15) is 27.0 Å². The van der Waals surface area contributed by atoms with Crippen molar-refractivity contribution in [2.45, 2.75) is 6.42 Å². The van der Waals surface area contributed by atoms with Crippen LogP contribution in [0.5, 0.6) is 11.5 Å². The topological polar surface area (TPSA) is 71.0 Å². The molecule has 1 aliphatic heterocycles. The Labute approximate surface area is 134 Å².